The van der Waals surface area contributed by atoms with E-state index in [4.69, 9.17) is 9.47 Å². The van der Waals surface area contributed by atoms with Crippen molar-refractivity contribution < 1.29 is 28.6 Å². The lowest BCUT2D eigenvalue weighted by Gasteiger charge is -2.22. The zero-order valence-electron chi connectivity index (χ0n) is 24.4. The summed E-state index contributed by atoms with van der Waals surface area (Å²) in [6, 6.07) is 19.1. The number of benzene rings is 3. The molecule has 2 heterocycles. The summed E-state index contributed by atoms with van der Waals surface area (Å²) in [4.78, 5) is 28.4. The summed E-state index contributed by atoms with van der Waals surface area (Å²) in [6.07, 6.45) is 2.78. The Hall–Kier alpha value is -4.22. The molecule has 1 saturated heterocycles. The predicted octanol–water partition coefficient (Wildman–Crippen LogP) is 7.56. The Morgan fingerprint density at radius 2 is 1.57 bits per heavy atom. The average Bonchev–Trinajstić information content (AvgIpc) is 3.61. The molecule has 4 aromatic rings. The smallest absolute Gasteiger partial charge is 0.301 e. The van der Waals surface area contributed by atoms with Crippen molar-refractivity contribution in [3.8, 4) is 11.5 Å². The summed E-state index contributed by atoms with van der Waals surface area (Å²) < 4.78 is 25.3. The van der Waals surface area contributed by atoms with Crippen LogP contribution < -0.4 is 14.4 Å². The third kappa shape index (κ3) is 7.11. The molecule has 8 nitrogen and oxygen atoms in total. The largest absolute Gasteiger partial charge is 0.507 e. The number of carbonyl (C=O) groups excluding carboxylic acids is 2. The van der Waals surface area contributed by atoms with Gasteiger partial charge >= 0.3 is 5.91 Å². The number of nitrogens with zero attached hydrogens (tertiary/aromatic N) is 3. The van der Waals surface area contributed by atoms with Crippen molar-refractivity contribution in [2.24, 2.45) is 0 Å². The van der Waals surface area contributed by atoms with Gasteiger partial charge in [-0.3, -0.25) is 14.5 Å². The van der Waals surface area contributed by atoms with Gasteiger partial charge in [-0.05, 0) is 72.5 Å². The van der Waals surface area contributed by atoms with E-state index in [1.165, 1.54) is 40.1 Å². The highest BCUT2D eigenvalue weighted by Gasteiger charge is 2.48. The number of rotatable bonds is 13. The maximum absolute atomic E-state index is 13.5. The number of aliphatic hydroxyl groups excluding tert-OH is 1. The Morgan fingerprint density at radius 1 is 0.909 bits per heavy atom. The molecule has 0 saturated carbocycles. The van der Waals surface area contributed by atoms with E-state index < -0.39 is 17.7 Å². The van der Waals surface area contributed by atoms with Crippen molar-refractivity contribution in [3.05, 3.63) is 101 Å². The zero-order chi connectivity index (χ0) is 31.1. The number of ketones is 1. The standard InChI is InChI=1S/C33H32FN3O5S2/c1-3-5-19-42-26-16-10-23(11-17-26)29(38)27-28(22-8-14-25(15-9-22)41-18-4-2)37(31(40)30(27)39)32-35-36-33(44-32)43-20-21-6-12-24(34)13-7-21/h6-17,28,38H,3-5,18-20H2,1-2H3/b29-27+. The molecule has 228 valence electrons. The quantitative estimate of drug-likeness (QED) is 0.0402. The Labute approximate surface area is 263 Å². The second kappa shape index (κ2) is 14.5. The first-order valence-electron chi connectivity index (χ1n) is 14.4. The summed E-state index contributed by atoms with van der Waals surface area (Å²) >= 11 is 2.56. The fourth-order valence-corrected chi connectivity index (χ4v) is 6.42. The van der Waals surface area contributed by atoms with Crippen LogP contribution in [-0.4, -0.2) is 40.2 Å². The van der Waals surface area contributed by atoms with Crippen molar-refractivity contribution in [1.29, 1.82) is 0 Å². The van der Waals surface area contributed by atoms with Crippen LogP contribution in [0, 0.1) is 5.82 Å². The molecule has 0 spiro atoms. The van der Waals surface area contributed by atoms with Crippen LogP contribution in [0.1, 0.15) is 55.8 Å². The maximum Gasteiger partial charge on any atom is 0.301 e. The molecule has 44 heavy (non-hydrogen) atoms. The summed E-state index contributed by atoms with van der Waals surface area (Å²) in [5, 5.41) is 20.2. The number of aromatic nitrogens is 2. The maximum atomic E-state index is 13.5. The van der Waals surface area contributed by atoms with Crippen molar-refractivity contribution >= 4 is 45.7 Å². The first-order valence-corrected chi connectivity index (χ1v) is 16.2. The monoisotopic (exact) mass is 633 g/mol. The number of hydrogen-bond acceptors (Lipinski definition) is 9. The molecule has 1 N–H and O–H groups in total. The fourth-order valence-electron chi connectivity index (χ4n) is 4.59. The van der Waals surface area contributed by atoms with Gasteiger partial charge in [0.25, 0.3) is 5.78 Å². The van der Waals surface area contributed by atoms with Gasteiger partial charge in [0.15, 0.2) is 4.34 Å². The number of hydrogen-bond donors (Lipinski definition) is 1. The SMILES string of the molecule is CCCCOc1ccc(/C(O)=C2\C(=O)C(=O)N(c3nnc(SCc4ccc(F)cc4)s3)C2c2ccc(OCCC)cc2)cc1. The number of Topliss-reactive ketones (excluding diaryl/α,β-unsaturated/α-hetero) is 1. The van der Waals surface area contributed by atoms with Gasteiger partial charge in [0.2, 0.25) is 5.13 Å². The van der Waals surface area contributed by atoms with Crippen molar-refractivity contribution in [2.75, 3.05) is 18.1 Å². The van der Waals surface area contributed by atoms with E-state index >= 15 is 0 Å². The summed E-state index contributed by atoms with van der Waals surface area (Å²) in [7, 11) is 0. The van der Waals surface area contributed by atoms with Crippen LogP contribution in [0.4, 0.5) is 9.52 Å². The molecule has 1 aliphatic rings. The van der Waals surface area contributed by atoms with Crippen LogP contribution in [-0.2, 0) is 15.3 Å². The lowest BCUT2D eigenvalue weighted by molar-refractivity contribution is -0.132. The third-order valence-electron chi connectivity index (χ3n) is 6.88. The Morgan fingerprint density at radius 3 is 2.23 bits per heavy atom. The van der Waals surface area contributed by atoms with Gasteiger partial charge in [0.05, 0.1) is 24.8 Å². The minimum Gasteiger partial charge on any atom is -0.507 e. The van der Waals surface area contributed by atoms with Gasteiger partial charge in [-0.25, -0.2) is 4.39 Å². The number of ether oxygens (including phenoxy) is 2. The topological polar surface area (TPSA) is 102 Å². The van der Waals surface area contributed by atoms with Gasteiger partial charge in [-0.15, -0.1) is 10.2 Å². The van der Waals surface area contributed by atoms with E-state index in [1.54, 1.807) is 60.7 Å². The van der Waals surface area contributed by atoms with Crippen LogP contribution in [0.15, 0.2) is 82.7 Å². The molecule has 0 bridgehead atoms. The third-order valence-corrected chi connectivity index (χ3v) is 9.01. The number of halogens is 1. The lowest BCUT2D eigenvalue weighted by Crippen LogP contribution is -2.29. The highest BCUT2D eigenvalue weighted by molar-refractivity contribution is 8.00. The zero-order valence-corrected chi connectivity index (χ0v) is 26.0. The van der Waals surface area contributed by atoms with Crippen LogP contribution in [0.25, 0.3) is 5.76 Å². The molecule has 11 heteroatoms. The molecule has 0 radical (unpaired) electrons. The molecule has 0 aliphatic carbocycles. The molecule has 1 atom stereocenters. The van der Waals surface area contributed by atoms with Crippen molar-refractivity contribution in [3.63, 3.8) is 0 Å². The molecule has 1 aromatic heterocycles. The van der Waals surface area contributed by atoms with E-state index in [0.717, 1.165) is 24.8 Å². The van der Waals surface area contributed by atoms with E-state index in [-0.39, 0.29) is 22.3 Å². The minimum atomic E-state index is -0.946. The summed E-state index contributed by atoms with van der Waals surface area (Å²) in [6.45, 7) is 5.23. The molecule has 1 fully saturated rings. The van der Waals surface area contributed by atoms with Crippen LogP contribution in [0.3, 0.4) is 0 Å². The number of aliphatic hydroxyl groups is 1. The Balaban J connectivity index is 1.48. The molecule has 1 aliphatic heterocycles. The van der Waals surface area contributed by atoms with Gasteiger partial charge in [-0.1, -0.05) is 67.6 Å². The van der Waals surface area contributed by atoms with Gasteiger partial charge in [-0.2, -0.15) is 0 Å². The number of unbranched alkanes of at least 4 members (excludes halogenated alkanes) is 1. The summed E-state index contributed by atoms with van der Waals surface area (Å²) in [5.41, 5.74) is 1.84. The van der Waals surface area contributed by atoms with Gasteiger partial charge in [0.1, 0.15) is 23.1 Å². The first kappa shape index (κ1) is 31.2. The molecular weight excluding hydrogens is 602 g/mol. The van der Waals surface area contributed by atoms with E-state index in [9.17, 15) is 19.1 Å². The number of anilines is 1. The van der Waals surface area contributed by atoms with E-state index in [0.29, 0.717) is 45.9 Å². The molecule has 1 unspecified atom stereocenters. The normalized spacial score (nSPS) is 16.0. The van der Waals surface area contributed by atoms with Crippen LogP contribution >= 0.6 is 23.1 Å². The lowest BCUT2D eigenvalue weighted by atomic mass is 9.95. The average molecular weight is 634 g/mol. The summed E-state index contributed by atoms with van der Waals surface area (Å²) in [5.74, 6) is -0.414. The minimum absolute atomic E-state index is 0.0485. The number of carbonyl (C=O) groups is 2. The predicted molar refractivity (Wildman–Crippen MR) is 170 cm³/mol. The van der Waals surface area contributed by atoms with Crippen molar-refractivity contribution in [1.82, 2.24) is 10.2 Å². The van der Waals surface area contributed by atoms with Crippen LogP contribution in [0.2, 0.25) is 0 Å². The Bertz CT molecular complexity index is 1620. The highest BCUT2D eigenvalue weighted by atomic mass is 32.2. The fraction of sp³-hybridized carbons (Fsp3) is 0.273. The van der Waals surface area contributed by atoms with Gasteiger partial charge < -0.3 is 14.6 Å². The first-order chi connectivity index (χ1) is 21.4. The molecule has 5 rings (SSSR count). The molecule has 3 aromatic carbocycles. The second-order valence-electron chi connectivity index (χ2n) is 10.1. The number of amides is 1. The van der Waals surface area contributed by atoms with Crippen LogP contribution in [0.5, 0.6) is 11.5 Å². The Kier molecular flexibility index (Phi) is 10.3. The second-order valence-corrected chi connectivity index (χ2v) is 12.3. The van der Waals surface area contributed by atoms with Gasteiger partial charge in [0, 0.05) is 11.3 Å². The van der Waals surface area contributed by atoms with E-state index in [1.807, 2.05) is 6.92 Å². The van der Waals surface area contributed by atoms with E-state index in [2.05, 4.69) is 17.1 Å². The van der Waals surface area contributed by atoms with Crippen molar-refractivity contribution in [2.45, 2.75) is 49.2 Å². The molecule has 1 amide bonds. The number of thioether (sulfide) groups is 1. The highest BCUT2D eigenvalue weighted by Crippen LogP contribution is 2.44. The molecular formula is C33H32FN3O5S2.